The van der Waals surface area contributed by atoms with Crippen LogP contribution in [0.25, 0.3) is 0 Å². The van der Waals surface area contributed by atoms with Crippen LogP contribution in [0.3, 0.4) is 0 Å². The molecule has 0 aliphatic heterocycles. The molecule has 8 heteroatoms. The van der Waals surface area contributed by atoms with Crippen molar-refractivity contribution in [3.05, 3.63) is 23.8 Å². The Hall–Kier alpha value is -1.32. The van der Waals surface area contributed by atoms with Gasteiger partial charge in [0, 0.05) is 31.3 Å². The molecule has 132 valence electrons. The number of ether oxygens (including phenoxy) is 2. The summed E-state index contributed by atoms with van der Waals surface area (Å²) in [5.41, 5.74) is 0.591. The van der Waals surface area contributed by atoms with Crippen molar-refractivity contribution in [3.63, 3.8) is 0 Å². The van der Waals surface area contributed by atoms with Gasteiger partial charge in [-0.15, -0.1) is 24.0 Å². The highest BCUT2D eigenvalue weighted by atomic mass is 127. The number of benzene rings is 1. The van der Waals surface area contributed by atoms with Gasteiger partial charge in [-0.2, -0.15) is 8.78 Å². The fraction of sp³-hybridized carbons (Fsp3) is 0.533. The molecule has 0 radical (unpaired) electrons. The van der Waals surface area contributed by atoms with Crippen LogP contribution in [0.4, 0.5) is 8.78 Å². The minimum absolute atomic E-state index is 0. The molecule has 0 amide bonds. The van der Waals surface area contributed by atoms with E-state index in [1.165, 1.54) is 13.2 Å². The molecule has 0 spiro atoms. The summed E-state index contributed by atoms with van der Waals surface area (Å²) in [6, 6.07) is 5.08. The number of aliphatic imine (C=N–C) groups is 1. The Labute approximate surface area is 152 Å². The number of rotatable bonds is 7. The van der Waals surface area contributed by atoms with E-state index in [0.717, 1.165) is 6.42 Å². The van der Waals surface area contributed by atoms with Crippen LogP contribution in [0.2, 0.25) is 0 Å². The van der Waals surface area contributed by atoms with Gasteiger partial charge in [-0.25, -0.2) is 0 Å². The zero-order chi connectivity index (χ0) is 16.5. The maximum atomic E-state index is 12.5. The van der Waals surface area contributed by atoms with Crippen molar-refractivity contribution in [1.82, 2.24) is 10.6 Å². The van der Waals surface area contributed by atoms with Crippen LogP contribution >= 0.6 is 24.0 Å². The van der Waals surface area contributed by atoms with Crippen molar-refractivity contribution in [2.75, 3.05) is 14.2 Å². The third kappa shape index (κ3) is 7.67. The Kier molecular flexibility index (Phi) is 10.6. The summed E-state index contributed by atoms with van der Waals surface area (Å²) in [4.78, 5) is 4.10. The summed E-state index contributed by atoms with van der Waals surface area (Å²) < 4.78 is 34.6. The van der Waals surface area contributed by atoms with Crippen LogP contribution < -0.4 is 20.1 Å². The molecule has 0 saturated carbocycles. The Morgan fingerprint density at radius 1 is 1.35 bits per heavy atom. The second kappa shape index (κ2) is 11.3. The number of guanidine groups is 1. The van der Waals surface area contributed by atoms with Crippen LogP contribution in [-0.2, 0) is 6.54 Å². The molecule has 1 unspecified atom stereocenters. The summed E-state index contributed by atoms with van der Waals surface area (Å²) in [5.74, 6) is 1.15. The lowest BCUT2D eigenvalue weighted by Gasteiger charge is -2.18. The first-order valence-electron chi connectivity index (χ1n) is 7.09. The minimum atomic E-state index is -2.89. The molecule has 0 bridgehead atoms. The average molecular weight is 443 g/mol. The third-order valence-corrected chi connectivity index (χ3v) is 3.16. The van der Waals surface area contributed by atoms with E-state index in [1.54, 1.807) is 19.2 Å². The van der Waals surface area contributed by atoms with E-state index in [-0.39, 0.29) is 35.8 Å². The lowest BCUT2D eigenvalue weighted by atomic mass is 10.2. The first-order valence-corrected chi connectivity index (χ1v) is 7.09. The van der Waals surface area contributed by atoms with Gasteiger partial charge in [-0.1, -0.05) is 6.92 Å². The summed E-state index contributed by atoms with van der Waals surface area (Å²) >= 11 is 0. The number of alkyl halides is 2. The predicted octanol–water partition coefficient (Wildman–Crippen LogP) is 3.38. The Balaban J connectivity index is 0.00000484. The van der Waals surface area contributed by atoms with Gasteiger partial charge in [-0.3, -0.25) is 4.99 Å². The van der Waals surface area contributed by atoms with E-state index < -0.39 is 6.61 Å². The van der Waals surface area contributed by atoms with Gasteiger partial charge in [0.25, 0.3) is 0 Å². The molecule has 0 aliphatic rings. The third-order valence-electron chi connectivity index (χ3n) is 3.16. The van der Waals surface area contributed by atoms with Crippen LogP contribution in [0.5, 0.6) is 11.5 Å². The van der Waals surface area contributed by atoms with Gasteiger partial charge in [0.2, 0.25) is 0 Å². The van der Waals surface area contributed by atoms with Gasteiger partial charge in [-0.05, 0) is 25.5 Å². The van der Waals surface area contributed by atoms with Crippen molar-refractivity contribution >= 4 is 29.9 Å². The summed E-state index contributed by atoms with van der Waals surface area (Å²) in [6.45, 7) is 1.51. The Morgan fingerprint density at radius 2 is 2.04 bits per heavy atom. The van der Waals surface area contributed by atoms with Crippen LogP contribution in [0.1, 0.15) is 25.8 Å². The Bertz CT molecular complexity index is 502. The minimum Gasteiger partial charge on any atom is -0.497 e. The summed E-state index contributed by atoms with van der Waals surface area (Å²) in [7, 11) is 3.12. The monoisotopic (exact) mass is 443 g/mol. The molecule has 0 fully saturated rings. The second-order valence-electron chi connectivity index (χ2n) is 4.73. The molecule has 23 heavy (non-hydrogen) atoms. The van der Waals surface area contributed by atoms with Crippen molar-refractivity contribution in [1.29, 1.82) is 0 Å². The zero-order valence-corrected chi connectivity index (χ0v) is 16.1. The predicted molar refractivity (Wildman–Crippen MR) is 98.1 cm³/mol. The quantitative estimate of drug-likeness (QED) is 0.386. The van der Waals surface area contributed by atoms with E-state index in [9.17, 15) is 8.78 Å². The fourth-order valence-corrected chi connectivity index (χ4v) is 1.72. The number of nitrogens with zero attached hydrogens (tertiary/aromatic N) is 1. The van der Waals surface area contributed by atoms with E-state index in [1.807, 2.05) is 6.92 Å². The molecule has 1 atom stereocenters. The first-order chi connectivity index (χ1) is 10.5. The highest BCUT2D eigenvalue weighted by Gasteiger charge is 2.12. The lowest BCUT2D eigenvalue weighted by molar-refractivity contribution is -0.0505. The van der Waals surface area contributed by atoms with Crippen LogP contribution in [0.15, 0.2) is 23.2 Å². The number of halogens is 3. The molecule has 1 rings (SSSR count). The number of methoxy groups -OCH3 is 1. The maximum Gasteiger partial charge on any atom is 0.387 e. The largest absolute Gasteiger partial charge is 0.497 e. The standard InChI is InChI=1S/C15H23F2N3O2.HI/c1-5-10(2)20-15(18-3)19-9-11-6-7-12(21-4)8-13(11)22-14(16)17;/h6-8,10,14H,5,9H2,1-4H3,(H2,18,19,20);1H. The first kappa shape index (κ1) is 21.7. The second-order valence-corrected chi connectivity index (χ2v) is 4.73. The van der Waals surface area contributed by atoms with E-state index in [0.29, 0.717) is 23.8 Å². The van der Waals surface area contributed by atoms with Gasteiger partial charge in [0.1, 0.15) is 11.5 Å². The molecule has 1 aromatic rings. The number of hydrogen-bond acceptors (Lipinski definition) is 3. The SMILES string of the molecule is CCC(C)NC(=NC)NCc1ccc(OC)cc1OC(F)F.I. The van der Waals surface area contributed by atoms with Gasteiger partial charge < -0.3 is 20.1 Å². The Morgan fingerprint density at radius 3 is 2.57 bits per heavy atom. The van der Waals surface area contributed by atoms with Gasteiger partial charge in [0.05, 0.1) is 7.11 Å². The topological polar surface area (TPSA) is 54.9 Å². The fourth-order valence-electron chi connectivity index (χ4n) is 1.72. The van der Waals surface area contributed by atoms with Crippen LogP contribution in [0, 0.1) is 0 Å². The summed E-state index contributed by atoms with van der Waals surface area (Å²) in [6.07, 6.45) is 0.947. The van der Waals surface area contributed by atoms with E-state index >= 15 is 0 Å². The van der Waals surface area contributed by atoms with Gasteiger partial charge in [0.15, 0.2) is 5.96 Å². The van der Waals surface area contributed by atoms with E-state index in [2.05, 4.69) is 27.3 Å². The van der Waals surface area contributed by atoms with E-state index in [4.69, 9.17) is 4.74 Å². The molecular weight excluding hydrogens is 419 g/mol. The average Bonchev–Trinajstić information content (AvgIpc) is 2.51. The van der Waals surface area contributed by atoms with Crippen molar-refractivity contribution in [2.45, 2.75) is 39.5 Å². The highest BCUT2D eigenvalue weighted by molar-refractivity contribution is 14.0. The van der Waals surface area contributed by atoms with Crippen molar-refractivity contribution in [2.24, 2.45) is 4.99 Å². The smallest absolute Gasteiger partial charge is 0.387 e. The molecular formula is C15H24F2IN3O2. The van der Waals surface area contributed by atoms with Gasteiger partial charge >= 0.3 is 6.61 Å². The maximum absolute atomic E-state index is 12.5. The zero-order valence-electron chi connectivity index (χ0n) is 13.7. The normalized spacial score (nSPS) is 12.4. The molecule has 0 aromatic heterocycles. The molecule has 0 heterocycles. The highest BCUT2D eigenvalue weighted by Crippen LogP contribution is 2.26. The molecule has 0 aliphatic carbocycles. The molecule has 2 N–H and O–H groups in total. The van der Waals surface area contributed by atoms with Crippen molar-refractivity contribution in [3.8, 4) is 11.5 Å². The van der Waals surface area contributed by atoms with Crippen molar-refractivity contribution < 1.29 is 18.3 Å². The summed E-state index contributed by atoms with van der Waals surface area (Å²) in [5, 5.41) is 6.27. The lowest BCUT2D eigenvalue weighted by Crippen LogP contribution is -2.41. The molecule has 0 saturated heterocycles. The molecule has 1 aromatic carbocycles. The molecule has 5 nitrogen and oxygen atoms in total. The van der Waals surface area contributed by atoms with Crippen LogP contribution in [-0.4, -0.2) is 32.8 Å². The number of nitrogens with one attached hydrogen (secondary N) is 2. The number of hydrogen-bond donors (Lipinski definition) is 2.